The maximum Gasteiger partial charge on any atom is 0.267 e. The highest BCUT2D eigenvalue weighted by molar-refractivity contribution is 8.26. The number of amides is 1. The Morgan fingerprint density at radius 1 is 1.03 bits per heavy atom. The lowest BCUT2D eigenvalue weighted by atomic mass is 10.1. The Labute approximate surface area is 214 Å². The summed E-state index contributed by atoms with van der Waals surface area (Å²) in [5.74, 6) is 0.492. The molecule has 0 spiro atoms. The summed E-state index contributed by atoms with van der Waals surface area (Å²) in [4.78, 5) is 36.3. The van der Waals surface area contributed by atoms with Gasteiger partial charge in [-0.2, -0.15) is 0 Å². The third-order valence-electron chi connectivity index (χ3n) is 6.58. The van der Waals surface area contributed by atoms with Crippen LogP contribution in [0.5, 0.6) is 0 Å². The van der Waals surface area contributed by atoms with Gasteiger partial charge in [0.25, 0.3) is 11.5 Å². The average molecular weight is 505 g/mol. The lowest BCUT2D eigenvalue weighted by Gasteiger charge is -2.24. The molecule has 2 aliphatic rings. The molecule has 0 N–H and O–H groups in total. The summed E-state index contributed by atoms with van der Waals surface area (Å²) in [6.45, 7) is 6.11. The summed E-state index contributed by atoms with van der Waals surface area (Å²) in [6, 6.07) is 11.9. The summed E-state index contributed by atoms with van der Waals surface area (Å²) < 4.78 is 2.08. The number of carbonyl (C=O) groups is 1. The summed E-state index contributed by atoms with van der Waals surface area (Å²) in [5.41, 5.74) is 4.06. The molecule has 0 atom stereocenters. The van der Waals surface area contributed by atoms with Crippen LogP contribution in [0.2, 0.25) is 0 Å². The number of rotatable bonds is 4. The molecule has 3 aromatic rings. The molecule has 2 saturated heterocycles. The third-order valence-corrected chi connectivity index (χ3v) is 7.96. The lowest BCUT2D eigenvalue weighted by Crippen LogP contribution is -2.30. The topological polar surface area (TPSA) is 57.9 Å². The SMILES string of the molecule is Cc1ccc(CN2C(=O)C(=Cc3c(N4CCCCCC4)nc4c(C)cccn4c3=O)SC2=S)cc1. The summed E-state index contributed by atoms with van der Waals surface area (Å²) in [6.07, 6.45) is 7.92. The van der Waals surface area contributed by atoms with Gasteiger partial charge in [0.15, 0.2) is 0 Å². The molecule has 0 bridgehead atoms. The Morgan fingerprint density at radius 2 is 1.74 bits per heavy atom. The average Bonchev–Trinajstić information content (AvgIpc) is 3.03. The number of anilines is 1. The van der Waals surface area contributed by atoms with E-state index >= 15 is 0 Å². The fourth-order valence-electron chi connectivity index (χ4n) is 4.59. The molecular weight excluding hydrogens is 476 g/mol. The van der Waals surface area contributed by atoms with Crippen LogP contribution in [-0.2, 0) is 11.3 Å². The van der Waals surface area contributed by atoms with Crippen molar-refractivity contribution >= 4 is 51.7 Å². The molecule has 0 radical (unpaired) electrons. The van der Waals surface area contributed by atoms with Crippen molar-refractivity contribution in [2.24, 2.45) is 0 Å². The summed E-state index contributed by atoms with van der Waals surface area (Å²) in [5, 5.41) is 0. The monoisotopic (exact) mass is 504 g/mol. The molecule has 4 heterocycles. The molecule has 1 aromatic carbocycles. The van der Waals surface area contributed by atoms with Gasteiger partial charge in [0.2, 0.25) is 0 Å². The van der Waals surface area contributed by atoms with Gasteiger partial charge in [-0.3, -0.25) is 18.9 Å². The van der Waals surface area contributed by atoms with Crippen molar-refractivity contribution in [2.75, 3.05) is 18.0 Å². The lowest BCUT2D eigenvalue weighted by molar-refractivity contribution is -0.122. The molecule has 8 heteroatoms. The van der Waals surface area contributed by atoms with Crippen molar-refractivity contribution < 1.29 is 4.79 Å². The van der Waals surface area contributed by atoms with Crippen LogP contribution in [0.3, 0.4) is 0 Å². The highest BCUT2D eigenvalue weighted by Gasteiger charge is 2.33. The Balaban J connectivity index is 1.57. The first-order valence-corrected chi connectivity index (χ1v) is 13.2. The van der Waals surface area contributed by atoms with Crippen LogP contribution in [0.1, 0.15) is 47.9 Å². The van der Waals surface area contributed by atoms with Crippen molar-refractivity contribution in [1.82, 2.24) is 14.3 Å². The number of carbonyl (C=O) groups excluding carboxylic acids is 1. The molecule has 0 saturated carbocycles. The van der Waals surface area contributed by atoms with E-state index in [1.807, 2.05) is 50.2 Å². The van der Waals surface area contributed by atoms with Crippen molar-refractivity contribution in [3.05, 3.63) is 80.1 Å². The highest BCUT2D eigenvalue weighted by Crippen LogP contribution is 2.35. The van der Waals surface area contributed by atoms with Gasteiger partial charge in [-0.25, -0.2) is 4.98 Å². The van der Waals surface area contributed by atoms with Gasteiger partial charge in [0.1, 0.15) is 15.8 Å². The van der Waals surface area contributed by atoms with Gasteiger partial charge < -0.3 is 4.90 Å². The van der Waals surface area contributed by atoms with E-state index in [0.717, 1.165) is 37.1 Å². The maximum atomic E-state index is 13.7. The second-order valence-electron chi connectivity index (χ2n) is 9.19. The summed E-state index contributed by atoms with van der Waals surface area (Å²) in [7, 11) is 0. The largest absolute Gasteiger partial charge is 0.356 e. The van der Waals surface area contributed by atoms with E-state index < -0.39 is 0 Å². The molecular formula is C27H28N4O2S2. The number of fused-ring (bicyclic) bond motifs is 1. The quantitative estimate of drug-likeness (QED) is 0.364. The first kappa shape index (κ1) is 23.8. The molecule has 5 rings (SSSR count). The molecule has 1 amide bonds. The molecule has 0 unspecified atom stereocenters. The fourth-order valence-corrected chi connectivity index (χ4v) is 5.83. The standard InChI is InChI=1S/C27H28N4O2S2/c1-18-9-11-20(12-10-18)17-31-26(33)22(35-27(31)34)16-21-24(29-13-5-3-4-6-14-29)28-23-19(2)8-7-15-30(23)25(21)32/h7-12,15-16H,3-6,13-14,17H2,1-2H3. The molecule has 6 nitrogen and oxygen atoms in total. The van der Waals surface area contributed by atoms with E-state index in [4.69, 9.17) is 17.2 Å². The Kier molecular flexibility index (Phi) is 6.75. The van der Waals surface area contributed by atoms with Gasteiger partial charge >= 0.3 is 0 Å². The van der Waals surface area contributed by atoms with Gasteiger partial charge in [-0.05, 0) is 50.0 Å². The molecule has 2 fully saturated rings. The van der Waals surface area contributed by atoms with Crippen LogP contribution in [-0.4, -0.2) is 37.6 Å². The van der Waals surface area contributed by atoms with Crippen LogP contribution in [0.4, 0.5) is 5.82 Å². The van der Waals surface area contributed by atoms with Crippen LogP contribution in [0, 0.1) is 13.8 Å². The smallest absolute Gasteiger partial charge is 0.267 e. The van der Waals surface area contributed by atoms with E-state index in [9.17, 15) is 9.59 Å². The number of benzene rings is 1. The van der Waals surface area contributed by atoms with Gasteiger partial charge in [-0.1, -0.05) is 72.7 Å². The Morgan fingerprint density at radius 3 is 2.46 bits per heavy atom. The van der Waals surface area contributed by atoms with E-state index in [2.05, 4.69) is 4.90 Å². The minimum Gasteiger partial charge on any atom is -0.356 e. The summed E-state index contributed by atoms with van der Waals surface area (Å²) >= 11 is 6.81. The van der Waals surface area contributed by atoms with Crippen LogP contribution >= 0.6 is 24.0 Å². The van der Waals surface area contributed by atoms with Gasteiger partial charge in [-0.15, -0.1) is 0 Å². The number of thioether (sulfide) groups is 1. The normalized spacial score (nSPS) is 18.1. The fraction of sp³-hybridized carbons (Fsp3) is 0.333. The number of hydrogen-bond acceptors (Lipinski definition) is 6. The molecule has 180 valence electrons. The van der Waals surface area contributed by atoms with E-state index in [-0.39, 0.29) is 11.5 Å². The minimum absolute atomic E-state index is 0.165. The first-order valence-electron chi connectivity index (χ1n) is 12.0. The zero-order valence-corrected chi connectivity index (χ0v) is 21.6. The first-order chi connectivity index (χ1) is 16.9. The Hall–Kier alpha value is -2.97. The molecule has 35 heavy (non-hydrogen) atoms. The van der Waals surface area contributed by atoms with Gasteiger partial charge in [0, 0.05) is 19.3 Å². The zero-order chi connectivity index (χ0) is 24.5. The van der Waals surface area contributed by atoms with E-state index in [1.165, 1.54) is 30.2 Å². The van der Waals surface area contributed by atoms with Gasteiger partial charge in [0.05, 0.1) is 17.0 Å². The number of thiocarbonyl (C=S) groups is 1. The third kappa shape index (κ3) is 4.77. The second kappa shape index (κ2) is 9.95. The highest BCUT2D eigenvalue weighted by atomic mass is 32.2. The van der Waals surface area contributed by atoms with Crippen LogP contribution in [0.15, 0.2) is 52.3 Å². The minimum atomic E-state index is -0.170. The van der Waals surface area contributed by atoms with Crippen molar-refractivity contribution in [3.63, 3.8) is 0 Å². The molecule has 0 aliphatic carbocycles. The van der Waals surface area contributed by atoms with E-state index in [1.54, 1.807) is 21.6 Å². The van der Waals surface area contributed by atoms with Crippen molar-refractivity contribution in [3.8, 4) is 0 Å². The predicted octanol–water partition coefficient (Wildman–Crippen LogP) is 5.09. The van der Waals surface area contributed by atoms with Crippen LogP contribution < -0.4 is 10.5 Å². The Bertz CT molecular complexity index is 1390. The molecule has 2 aliphatic heterocycles. The van der Waals surface area contributed by atoms with Crippen LogP contribution in [0.25, 0.3) is 11.7 Å². The number of aryl methyl sites for hydroxylation is 2. The number of hydrogen-bond donors (Lipinski definition) is 0. The number of aromatic nitrogens is 2. The predicted molar refractivity (Wildman–Crippen MR) is 147 cm³/mol. The van der Waals surface area contributed by atoms with Crippen molar-refractivity contribution in [1.29, 1.82) is 0 Å². The molecule has 2 aromatic heterocycles. The number of pyridine rings is 1. The van der Waals surface area contributed by atoms with E-state index in [0.29, 0.717) is 32.8 Å². The second-order valence-corrected chi connectivity index (χ2v) is 10.9. The number of nitrogens with zero attached hydrogens (tertiary/aromatic N) is 4. The van der Waals surface area contributed by atoms with Crippen molar-refractivity contribution in [2.45, 2.75) is 46.1 Å². The zero-order valence-electron chi connectivity index (χ0n) is 20.0. The maximum absolute atomic E-state index is 13.7.